The van der Waals surface area contributed by atoms with Crippen LogP contribution in [0.15, 0.2) is 24.3 Å². The molecule has 4 nitrogen and oxygen atoms in total. The second-order valence-electron chi connectivity index (χ2n) is 3.38. The molecule has 5 heteroatoms. The Balaban J connectivity index is 2.67. The quantitative estimate of drug-likeness (QED) is 0.876. The first-order valence-electron chi connectivity index (χ1n) is 4.73. The van der Waals surface area contributed by atoms with E-state index in [9.17, 15) is 9.59 Å². The van der Waals surface area contributed by atoms with Gasteiger partial charge in [-0.1, -0.05) is 17.7 Å². The minimum Gasteiger partial charge on any atom is -0.481 e. The fraction of sp³-hybridized carbons (Fsp3) is 0.273. The van der Waals surface area contributed by atoms with Crippen molar-refractivity contribution in [2.45, 2.75) is 6.42 Å². The third-order valence-electron chi connectivity index (χ3n) is 2.08. The van der Waals surface area contributed by atoms with Gasteiger partial charge in [0.25, 0.3) is 5.91 Å². The van der Waals surface area contributed by atoms with Gasteiger partial charge >= 0.3 is 5.97 Å². The van der Waals surface area contributed by atoms with Crippen LogP contribution in [0.2, 0.25) is 5.02 Å². The lowest BCUT2D eigenvalue weighted by atomic mass is 10.2. The molecule has 0 radical (unpaired) electrons. The molecule has 0 aliphatic heterocycles. The Labute approximate surface area is 98.4 Å². The monoisotopic (exact) mass is 241 g/mol. The summed E-state index contributed by atoms with van der Waals surface area (Å²) < 4.78 is 0. The van der Waals surface area contributed by atoms with Crippen molar-refractivity contribution >= 4 is 23.5 Å². The van der Waals surface area contributed by atoms with Crippen LogP contribution in [0.4, 0.5) is 0 Å². The van der Waals surface area contributed by atoms with Gasteiger partial charge in [-0.2, -0.15) is 0 Å². The number of rotatable bonds is 4. The van der Waals surface area contributed by atoms with Crippen LogP contribution >= 0.6 is 11.6 Å². The Morgan fingerprint density at radius 2 is 2.12 bits per heavy atom. The summed E-state index contributed by atoms with van der Waals surface area (Å²) in [6.07, 6.45) is -0.0667. The number of hydrogen-bond acceptors (Lipinski definition) is 2. The molecule has 0 aromatic heterocycles. The highest BCUT2D eigenvalue weighted by Crippen LogP contribution is 2.12. The Kier molecular flexibility index (Phi) is 4.31. The zero-order valence-corrected chi connectivity index (χ0v) is 9.57. The van der Waals surface area contributed by atoms with E-state index in [0.717, 1.165) is 0 Å². The van der Waals surface area contributed by atoms with Crippen molar-refractivity contribution in [2.24, 2.45) is 0 Å². The van der Waals surface area contributed by atoms with E-state index < -0.39 is 5.97 Å². The van der Waals surface area contributed by atoms with Crippen LogP contribution in [0, 0.1) is 0 Å². The molecule has 1 aromatic carbocycles. The molecule has 86 valence electrons. The molecule has 1 N–H and O–H groups in total. The van der Waals surface area contributed by atoms with Crippen LogP contribution in [-0.4, -0.2) is 35.5 Å². The van der Waals surface area contributed by atoms with Crippen molar-refractivity contribution in [3.05, 3.63) is 34.9 Å². The predicted octanol–water partition coefficient (Wildman–Crippen LogP) is 1.89. The van der Waals surface area contributed by atoms with E-state index in [2.05, 4.69) is 0 Å². The molecule has 0 saturated carbocycles. The molecule has 0 fully saturated rings. The zero-order chi connectivity index (χ0) is 12.1. The second-order valence-corrected chi connectivity index (χ2v) is 3.82. The normalized spacial score (nSPS) is 9.88. The summed E-state index contributed by atoms with van der Waals surface area (Å²) >= 11 is 5.76. The molecule has 0 aliphatic rings. The van der Waals surface area contributed by atoms with Crippen LogP contribution in [0.5, 0.6) is 0 Å². The molecular weight excluding hydrogens is 230 g/mol. The Morgan fingerprint density at radius 3 is 2.69 bits per heavy atom. The summed E-state index contributed by atoms with van der Waals surface area (Å²) in [7, 11) is 1.56. The van der Waals surface area contributed by atoms with Crippen LogP contribution in [0.25, 0.3) is 0 Å². The first-order valence-corrected chi connectivity index (χ1v) is 5.11. The van der Waals surface area contributed by atoms with Gasteiger partial charge in [-0.05, 0) is 18.2 Å². The van der Waals surface area contributed by atoms with Crippen molar-refractivity contribution in [2.75, 3.05) is 13.6 Å². The summed E-state index contributed by atoms with van der Waals surface area (Å²) in [5.74, 6) is -1.16. The van der Waals surface area contributed by atoms with Crippen LogP contribution in [0.1, 0.15) is 16.8 Å². The van der Waals surface area contributed by atoms with E-state index in [4.69, 9.17) is 16.7 Å². The third kappa shape index (κ3) is 3.55. The number of aliphatic carboxylic acids is 1. The van der Waals surface area contributed by atoms with E-state index >= 15 is 0 Å². The molecule has 0 bridgehead atoms. The first kappa shape index (κ1) is 12.5. The number of halogens is 1. The van der Waals surface area contributed by atoms with Gasteiger partial charge in [0, 0.05) is 24.2 Å². The lowest BCUT2D eigenvalue weighted by molar-refractivity contribution is -0.137. The summed E-state index contributed by atoms with van der Waals surface area (Å²) in [4.78, 5) is 23.5. The molecule has 0 unspecified atom stereocenters. The standard InChI is InChI=1S/C11H12ClNO3/c1-13(6-5-10(14)15)11(16)8-3-2-4-9(12)7-8/h2-4,7H,5-6H2,1H3,(H,14,15). The largest absolute Gasteiger partial charge is 0.481 e. The van der Waals surface area contributed by atoms with Crippen LogP contribution < -0.4 is 0 Å². The maximum Gasteiger partial charge on any atom is 0.305 e. The summed E-state index contributed by atoms with van der Waals surface area (Å²) in [5, 5.41) is 8.98. The van der Waals surface area contributed by atoms with E-state index in [0.29, 0.717) is 10.6 Å². The number of carbonyl (C=O) groups is 2. The topological polar surface area (TPSA) is 57.6 Å². The fourth-order valence-corrected chi connectivity index (χ4v) is 1.40. The molecule has 0 saturated heterocycles. The van der Waals surface area contributed by atoms with Gasteiger partial charge in [0.2, 0.25) is 0 Å². The van der Waals surface area contributed by atoms with Crippen molar-refractivity contribution in [3.63, 3.8) is 0 Å². The van der Waals surface area contributed by atoms with Crippen LogP contribution in [-0.2, 0) is 4.79 Å². The lowest BCUT2D eigenvalue weighted by Crippen LogP contribution is -2.28. The minimum absolute atomic E-state index is 0.0667. The smallest absolute Gasteiger partial charge is 0.305 e. The van der Waals surface area contributed by atoms with E-state index in [-0.39, 0.29) is 18.9 Å². The van der Waals surface area contributed by atoms with Crippen molar-refractivity contribution in [3.8, 4) is 0 Å². The second kappa shape index (κ2) is 5.51. The number of carbonyl (C=O) groups excluding carboxylic acids is 1. The summed E-state index contributed by atoms with van der Waals surface area (Å²) in [6, 6.07) is 6.56. The highest BCUT2D eigenvalue weighted by Gasteiger charge is 2.12. The number of amides is 1. The Morgan fingerprint density at radius 1 is 1.44 bits per heavy atom. The molecular formula is C11H12ClNO3. The molecule has 16 heavy (non-hydrogen) atoms. The van der Waals surface area contributed by atoms with Crippen molar-refractivity contribution in [1.29, 1.82) is 0 Å². The third-order valence-corrected chi connectivity index (χ3v) is 2.31. The molecule has 1 amide bonds. The molecule has 0 atom stereocenters. The highest BCUT2D eigenvalue weighted by molar-refractivity contribution is 6.30. The van der Waals surface area contributed by atoms with Crippen LogP contribution in [0.3, 0.4) is 0 Å². The fourth-order valence-electron chi connectivity index (χ4n) is 1.21. The van der Waals surface area contributed by atoms with Crippen molar-refractivity contribution < 1.29 is 14.7 Å². The Hall–Kier alpha value is -1.55. The Bertz CT molecular complexity index is 406. The number of carboxylic acids is 1. The minimum atomic E-state index is -0.925. The van der Waals surface area contributed by atoms with Gasteiger partial charge in [-0.3, -0.25) is 9.59 Å². The molecule has 0 spiro atoms. The number of nitrogens with zero attached hydrogens (tertiary/aromatic N) is 1. The molecule has 0 aliphatic carbocycles. The average molecular weight is 242 g/mol. The maximum atomic E-state index is 11.8. The predicted molar refractivity (Wildman–Crippen MR) is 60.7 cm³/mol. The summed E-state index contributed by atoms with van der Waals surface area (Å²) in [6.45, 7) is 0.181. The zero-order valence-electron chi connectivity index (χ0n) is 8.81. The first-order chi connectivity index (χ1) is 7.50. The van der Waals surface area contributed by atoms with E-state index in [1.165, 1.54) is 4.90 Å². The number of carboxylic acid groups (broad SMARTS) is 1. The molecule has 0 heterocycles. The van der Waals surface area contributed by atoms with Gasteiger partial charge < -0.3 is 10.0 Å². The van der Waals surface area contributed by atoms with E-state index in [1.54, 1.807) is 31.3 Å². The van der Waals surface area contributed by atoms with Gasteiger partial charge in [0.1, 0.15) is 0 Å². The van der Waals surface area contributed by atoms with Gasteiger partial charge in [0.05, 0.1) is 6.42 Å². The average Bonchev–Trinajstić information content (AvgIpc) is 2.24. The summed E-state index contributed by atoms with van der Waals surface area (Å²) in [5.41, 5.74) is 0.459. The SMILES string of the molecule is CN(CCC(=O)O)C(=O)c1cccc(Cl)c1. The lowest BCUT2D eigenvalue weighted by Gasteiger charge is -2.15. The van der Waals surface area contributed by atoms with Gasteiger partial charge in [0.15, 0.2) is 0 Å². The van der Waals surface area contributed by atoms with Gasteiger partial charge in [-0.15, -0.1) is 0 Å². The highest BCUT2D eigenvalue weighted by atomic mass is 35.5. The number of hydrogen-bond donors (Lipinski definition) is 1. The molecule has 1 rings (SSSR count). The van der Waals surface area contributed by atoms with Gasteiger partial charge in [-0.25, -0.2) is 0 Å². The van der Waals surface area contributed by atoms with Crippen molar-refractivity contribution in [1.82, 2.24) is 4.90 Å². The van der Waals surface area contributed by atoms with E-state index in [1.807, 2.05) is 0 Å². The number of benzene rings is 1. The maximum absolute atomic E-state index is 11.8. The molecule has 1 aromatic rings.